The van der Waals surface area contributed by atoms with Crippen LogP contribution in [0.2, 0.25) is 0 Å². The predicted molar refractivity (Wildman–Crippen MR) is 201 cm³/mol. The monoisotopic (exact) mass is 634 g/mol. The highest BCUT2D eigenvalue weighted by Gasteiger charge is 2.40. The Morgan fingerprint density at radius 1 is 0.936 bits per heavy atom. The van der Waals surface area contributed by atoms with Crippen molar-refractivity contribution in [1.82, 2.24) is 10.6 Å². The van der Waals surface area contributed by atoms with Crippen LogP contribution in [0.15, 0.2) is 60.4 Å². The van der Waals surface area contributed by atoms with E-state index in [1.165, 1.54) is 88.2 Å². The lowest BCUT2D eigenvalue weighted by Gasteiger charge is -2.44. The summed E-state index contributed by atoms with van der Waals surface area (Å²) in [6, 6.07) is 5.41. The molecule has 1 aromatic rings. The van der Waals surface area contributed by atoms with Crippen LogP contribution in [0.1, 0.15) is 125 Å². The van der Waals surface area contributed by atoms with Crippen molar-refractivity contribution in [3.8, 4) is 0 Å². The second kappa shape index (κ2) is 15.5. The molecule has 254 valence electrons. The van der Waals surface area contributed by atoms with Crippen LogP contribution in [0.5, 0.6) is 0 Å². The van der Waals surface area contributed by atoms with Gasteiger partial charge in [-0.05, 0) is 171 Å². The van der Waals surface area contributed by atoms with E-state index in [9.17, 15) is 0 Å². The zero-order valence-electron chi connectivity index (χ0n) is 29.6. The van der Waals surface area contributed by atoms with Gasteiger partial charge in [0.25, 0.3) is 0 Å². The second-order valence-electron chi connectivity index (χ2n) is 16.1. The summed E-state index contributed by atoms with van der Waals surface area (Å²) in [6.45, 7) is 7.94. The normalized spacial score (nSPS) is 32.1. The first-order valence-corrected chi connectivity index (χ1v) is 19.9. The number of nitrogens with two attached hydrogens (primary N) is 1. The third-order valence-electron chi connectivity index (χ3n) is 13.7. The SMILES string of the molecule is CCC(CN)c1ccc(C2=CCC(C(C)C3CCCCC3C(CNC3C=C[C@H]4CCC=CC4C3)C3=CNCC3)CC2)c2c1C=CCC2. The number of allylic oxidation sites excluding steroid dienone is 6. The molecule has 7 rings (SSSR count). The minimum Gasteiger partial charge on any atom is -0.391 e. The molecule has 6 aliphatic rings. The molecule has 3 heteroatoms. The molecule has 0 radical (unpaired) electrons. The van der Waals surface area contributed by atoms with E-state index >= 15 is 0 Å². The molecule has 1 heterocycles. The Balaban J connectivity index is 1.05. The molecule has 1 saturated carbocycles. The van der Waals surface area contributed by atoms with E-state index in [-0.39, 0.29) is 0 Å². The fraction of sp³-hybridized carbons (Fsp3) is 0.636. The van der Waals surface area contributed by atoms with Crippen LogP contribution in [-0.2, 0) is 6.42 Å². The Morgan fingerprint density at radius 3 is 2.62 bits per heavy atom. The van der Waals surface area contributed by atoms with E-state index < -0.39 is 0 Å². The maximum absolute atomic E-state index is 6.22. The minimum atomic E-state index is 0.463. The summed E-state index contributed by atoms with van der Waals surface area (Å²) in [7, 11) is 0. The summed E-state index contributed by atoms with van der Waals surface area (Å²) in [6.07, 6.45) is 37.9. The number of fused-ring (bicyclic) bond motifs is 2. The Morgan fingerprint density at radius 2 is 1.83 bits per heavy atom. The molecule has 9 atom stereocenters. The van der Waals surface area contributed by atoms with Crippen LogP contribution in [0, 0.1) is 41.4 Å². The average molecular weight is 634 g/mol. The van der Waals surface area contributed by atoms with E-state index in [2.05, 4.69) is 85.3 Å². The fourth-order valence-corrected chi connectivity index (χ4v) is 10.8. The van der Waals surface area contributed by atoms with Crippen LogP contribution in [0.3, 0.4) is 0 Å². The molecule has 0 spiro atoms. The van der Waals surface area contributed by atoms with Gasteiger partial charge in [0.2, 0.25) is 0 Å². The minimum absolute atomic E-state index is 0.463. The maximum Gasteiger partial charge on any atom is 0.0256 e. The van der Waals surface area contributed by atoms with Gasteiger partial charge < -0.3 is 16.4 Å². The molecule has 3 nitrogen and oxygen atoms in total. The molecule has 0 aromatic heterocycles. The average Bonchev–Trinajstić information content (AvgIpc) is 3.67. The zero-order chi connectivity index (χ0) is 32.2. The number of rotatable bonds is 11. The quantitative estimate of drug-likeness (QED) is 0.213. The molecule has 1 fully saturated rings. The molecule has 0 amide bonds. The van der Waals surface area contributed by atoms with Crippen molar-refractivity contribution in [2.24, 2.45) is 47.2 Å². The Labute approximate surface area is 286 Å². The lowest BCUT2D eigenvalue weighted by atomic mass is 9.62. The van der Waals surface area contributed by atoms with E-state index in [1.807, 2.05) is 0 Å². The molecule has 0 bridgehead atoms. The molecule has 4 N–H and O–H groups in total. The molecule has 47 heavy (non-hydrogen) atoms. The first kappa shape index (κ1) is 33.2. The predicted octanol–water partition coefficient (Wildman–Crippen LogP) is 9.72. The Bertz CT molecular complexity index is 1370. The highest BCUT2D eigenvalue weighted by molar-refractivity contribution is 5.75. The van der Waals surface area contributed by atoms with Crippen molar-refractivity contribution in [2.45, 2.75) is 116 Å². The first-order chi connectivity index (χ1) is 23.1. The molecule has 5 aliphatic carbocycles. The van der Waals surface area contributed by atoms with Crippen molar-refractivity contribution >= 4 is 11.6 Å². The van der Waals surface area contributed by atoms with Crippen LogP contribution < -0.4 is 16.4 Å². The second-order valence-corrected chi connectivity index (χ2v) is 16.1. The molecule has 0 saturated heterocycles. The fourth-order valence-electron chi connectivity index (χ4n) is 10.8. The van der Waals surface area contributed by atoms with Crippen molar-refractivity contribution in [2.75, 3.05) is 19.6 Å². The third-order valence-corrected chi connectivity index (χ3v) is 13.7. The summed E-state index contributed by atoms with van der Waals surface area (Å²) in [5.74, 6) is 5.87. The van der Waals surface area contributed by atoms with Crippen molar-refractivity contribution in [3.05, 3.63) is 82.6 Å². The lowest BCUT2D eigenvalue weighted by molar-refractivity contribution is 0.0889. The number of nitrogens with one attached hydrogen (secondary N) is 2. The molecule has 8 unspecified atom stereocenters. The van der Waals surface area contributed by atoms with E-state index in [0.29, 0.717) is 17.9 Å². The van der Waals surface area contributed by atoms with Gasteiger partial charge >= 0.3 is 0 Å². The van der Waals surface area contributed by atoms with Gasteiger partial charge in [-0.2, -0.15) is 0 Å². The van der Waals surface area contributed by atoms with Gasteiger partial charge in [0.15, 0.2) is 0 Å². The number of hydrogen-bond donors (Lipinski definition) is 3. The van der Waals surface area contributed by atoms with Crippen molar-refractivity contribution in [1.29, 1.82) is 0 Å². The van der Waals surface area contributed by atoms with E-state index in [4.69, 9.17) is 5.73 Å². The Hall–Kier alpha value is -2.36. The van der Waals surface area contributed by atoms with Gasteiger partial charge in [0.05, 0.1) is 0 Å². The summed E-state index contributed by atoms with van der Waals surface area (Å²) in [4.78, 5) is 0. The van der Waals surface area contributed by atoms with Crippen LogP contribution >= 0.6 is 0 Å². The topological polar surface area (TPSA) is 50.1 Å². The summed E-state index contributed by atoms with van der Waals surface area (Å²) < 4.78 is 0. The highest BCUT2D eigenvalue weighted by atomic mass is 14.9. The van der Waals surface area contributed by atoms with E-state index in [0.717, 1.165) is 68.0 Å². The maximum atomic E-state index is 6.22. The number of benzene rings is 1. The van der Waals surface area contributed by atoms with Gasteiger partial charge in [0.1, 0.15) is 0 Å². The van der Waals surface area contributed by atoms with Crippen LogP contribution in [0.4, 0.5) is 0 Å². The van der Waals surface area contributed by atoms with Gasteiger partial charge in [-0.1, -0.05) is 81.4 Å². The lowest BCUT2D eigenvalue weighted by Crippen LogP contribution is -2.42. The smallest absolute Gasteiger partial charge is 0.0256 e. The van der Waals surface area contributed by atoms with Gasteiger partial charge in [-0.3, -0.25) is 0 Å². The zero-order valence-corrected chi connectivity index (χ0v) is 29.6. The summed E-state index contributed by atoms with van der Waals surface area (Å²) in [5.41, 5.74) is 15.6. The van der Waals surface area contributed by atoms with Crippen LogP contribution in [0.25, 0.3) is 11.6 Å². The van der Waals surface area contributed by atoms with Crippen molar-refractivity contribution < 1.29 is 0 Å². The Kier molecular flexibility index (Phi) is 10.9. The molecular weight excluding hydrogens is 571 g/mol. The number of hydrogen-bond acceptors (Lipinski definition) is 3. The highest BCUT2D eigenvalue weighted by Crippen LogP contribution is 2.48. The van der Waals surface area contributed by atoms with E-state index in [1.54, 1.807) is 22.3 Å². The first-order valence-electron chi connectivity index (χ1n) is 19.9. The molecular formula is C44H63N3. The third kappa shape index (κ3) is 7.18. The largest absolute Gasteiger partial charge is 0.391 e. The van der Waals surface area contributed by atoms with Gasteiger partial charge in [-0.15, -0.1) is 0 Å². The molecule has 1 aromatic carbocycles. The van der Waals surface area contributed by atoms with Crippen molar-refractivity contribution in [3.63, 3.8) is 0 Å². The summed E-state index contributed by atoms with van der Waals surface area (Å²) >= 11 is 0. The van der Waals surface area contributed by atoms with Gasteiger partial charge in [-0.25, -0.2) is 0 Å². The molecule has 1 aliphatic heterocycles. The standard InChI is InChI=1S/C44H63N3/c1-3-31(27-45)39-22-23-40(43-15-9-8-14-42(39)43)34-18-16-32(17-19-34)30(2)38-12-6-7-13-41(38)44(36-24-25-46-28-36)29-47-37-21-20-33-10-4-5-11-35(33)26-37/h5,8,11,14,18,20-23,28,30-33,35,37-38,41,44,46-47H,3-4,6-7,9-10,12-13,15-17,19,24-27,29,45H2,1-2H3/t30?,31?,32?,33-,35?,37?,38?,41?,44?/m1/s1. The van der Waals surface area contributed by atoms with Crippen LogP contribution in [-0.4, -0.2) is 25.7 Å². The summed E-state index contributed by atoms with van der Waals surface area (Å²) in [5, 5.41) is 7.73. The van der Waals surface area contributed by atoms with Gasteiger partial charge in [0, 0.05) is 19.1 Å².